The van der Waals surface area contributed by atoms with Gasteiger partial charge in [-0.1, -0.05) is 11.6 Å². The highest BCUT2D eigenvalue weighted by Crippen LogP contribution is 2.24. The van der Waals surface area contributed by atoms with E-state index in [1.165, 1.54) is 10.6 Å². The smallest absolute Gasteiger partial charge is 0.293 e. The van der Waals surface area contributed by atoms with Crippen LogP contribution in [0.4, 0.5) is 8.78 Å². The number of halogens is 3. The van der Waals surface area contributed by atoms with Crippen molar-refractivity contribution < 1.29 is 23.0 Å². The Bertz CT molecular complexity index is 1110. The average Bonchev–Trinajstić information content (AvgIpc) is 3.21. The first kappa shape index (κ1) is 25.1. The quantitative estimate of drug-likeness (QED) is 0.543. The minimum absolute atomic E-state index is 0.108. The van der Waals surface area contributed by atoms with E-state index in [1.807, 2.05) is 20.8 Å². The molecule has 32 heavy (non-hydrogen) atoms. The van der Waals surface area contributed by atoms with Crippen molar-refractivity contribution in [1.29, 1.82) is 0 Å². The molecule has 0 unspecified atom stereocenters. The van der Waals surface area contributed by atoms with Crippen LogP contribution in [0, 0.1) is 18.6 Å². The van der Waals surface area contributed by atoms with Gasteiger partial charge in [-0.05, 0) is 45.9 Å². The summed E-state index contributed by atoms with van der Waals surface area (Å²) in [6.45, 7) is 7.74. The molecular weight excluding hydrogens is 444 g/mol. The number of nitrogens with one attached hydrogen (secondary N) is 1. The van der Waals surface area contributed by atoms with Crippen LogP contribution in [0.2, 0.25) is 5.02 Å². The minimum atomic E-state index is -0.722. The van der Waals surface area contributed by atoms with Gasteiger partial charge in [0.2, 0.25) is 0 Å². The van der Waals surface area contributed by atoms with Gasteiger partial charge < -0.3 is 14.0 Å². The van der Waals surface area contributed by atoms with Gasteiger partial charge in [0, 0.05) is 29.6 Å². The lowest BCUT2D eigenvalue weighted by atomic mass is 10.2. The summed E-state index contributed by atoms with van der Waals surface area (Å²) < 4.78 is 38.1. The van der Waals surface area contributed by atoms with Crippen LogP contribution >= 0.6 is 11.6 Å². The molecule has 2 heterocycles. The number of hydrogen-bond acceptors (Lipinski definition) is 5. The van der Waals surface area contributed by atoms with Crippen LogP contribution < -0.4 is 10.3 Å². The standard InChI is InChI=1S/C17H14ClF2N3O2.C5H10O2/c1-10-6-15(25-9-11-2-3-12(19)7-14(11)20)16(18)17(24)23(10)8-13-4-5-21-22-13;1-5(2,3)7-4-6/h2-7H,8-9H2,1H3,(H,21,22);4H,1-3H3. The Labute approximate surface area is 188 Å². The molecule has 0 radical (unpaired) electrons. The van der Waals surface area contributed by atoms with Gasteiger partial charge in [0.1, 0.15) is 34.6 Å². The molecule has 0 fully saturated rings. The van der Waals surface area contributed by atoms with E-state index >= 15 is 0 Å². The summed E-state index contributed by atoms with van der Waals surface area (Å²) in [4.78, 5) is 22.0. The van der Waals surface area contributed by atoms with E-state index in [-0.39, 0.29) is 35.1 Å². The highest BCUT2D eigenvalue weighted by atomic mass is 35.5. The van der Waals surface area contributed by atoms with E-state index in [0.29, 0.717) is 17.9 Å². The fourth-order valence-corrected chi connectivity index (χ4v) is 2.71. The lowest BCUT2D eigenvalue weighted by Gasteiger charge is -2.14. The molecule has 3 rings (SSSR count). The molecule has 0 aliphatic heterocycles. The van der Waals surface area contributed by atoms with Gasteiger partial charge in [-0.15, -0.1) is 0 Å². The molecule has 0 bridgehead atoms. The summed E-state index contributed by atoms with van der Waals surface area (Å²) in [5, 5.41) is 6.58. The van der Waals surface area contributed by atoms with Crippen LogP contribution in [0.15, 0.2) is 41.3 Å². The first-order chi connectivity index (χ1) is 15.0. The van der Waals surface area contributed by atoms with Crippen molar-refractivity contribution in [3.8, 4) is 5.75 Å². The monoisotopic (exact) mass is 467 g/mol. The molecule has 0 atom stereocenters. The number of aryl methyl sites for hydroxylation is 1. The normalized spacial score (nSPS) is 10.8. The number of nitrogens with zero attached hydrogens (tertiary/aromatic N) is 2. The van der Waals surface area contributed by atoms with Crippen molar-refractivity contribution in [3.05, 3.63) is 80.5 Å². The van der Waals surface area contributed by atoms with E-state index in [4.69, 9.17) is 16.3 Å². The number of H-pyrrole nitrogens is 1. The number of aromatic nitrogens is 3. The Morgan fingerprint density at radius 1 is 1.22 bits per heavy atom. The number of carbonyl (C=O) groups excluding carboxylic acids is 1. The molecule has 0 aliphatic rings. The first-order valence-corrected chi connectivity index (χ1v) is 9.96. The maximum absolute atomic E-state index is 13.7. The van der Waals surface area contributed by atoms with Gasteiger partial charge in [-0.3, -0.25) is 14.7 Å². The maximum Gasteiger partial charge on any atom is 0.293 e. The molecule has 2 aromatic heterocycles. The number of rotatable bonds is 6. The van der Waals surface area contributed by atoms with Gasteiger partial charge in [0.15, 0.2) is 0 Å². The zero-order valence-corrected chi connectivity index (χ0v) is 18.9. The Kier molecular flexibility index (Phi) is 8.54. The highest BCUT2D eigenvalue weighted by Gasteiger charge is 2.14. The van der Waals surface area contributed by atoms with Gasteiger partial charge in [0.25, 0.3) is 12.0 Å². The fraction of sp³-hybridized carbons (Fsp3) is 0.318. The second-order valence-electron chi connectivity index (χ2n) is 7.77. The average molecular weight is 468 g/mol. The van der Waals surface area contributed by atoms with Crippen molar-refractivity contribution >= 4 is 18.1 Å². The zero-order valence-electron chi connectivity index (χ0n) is 18.1. The molecule has 172 valence electrons. The molecule has 0 saturated carbocycles. The van der Waals surface area contributed by atoms with Gasteiger partial charge >= 0.3 is 0 Å². The molecule has 0 spiro atoms. The molecule has 3 aromatic rings. The Hall–Kier alpha value is -3.20. The molecular formula is C22H24ClF2N3O4. The third-order valence-electron chi connectivity index (χ3n) is 4.09. The summed E-state index contributed by atoms with van der Waals surface area (Å²) in [5.74, 6) is -1.25. The van der Waals surface area contributed by atoms with E-state index in [9.17, 15) is 18.4 Å². The number of carbonyl (C=O) groups is 1. The predicted octanol–water partition coefficient (Wildman–Crippen LogP) is 4.40. The van der Waals surface area contributed by atoms with Crippen molar-refractivity contribution in [2.24, 2.45) is 0 Å². The lowest BCUT2D eigenvalue weighted by Crippen LogP contribution is -2.24. The van der Waals surface area contributed by atoms with E-state index < -0.39 is 17.2 Å². The second kappa shape index (κ2) is 10.9. The van der Waals surface area contributed by atoms with Crippen molar-refractivity contribution in [3.63, 3.8) is 0 Å². The molecule has 1 aromatic carbocycles. The Morgan fingerprint density at radius 2 is 1.94 bits per heavy atom. The maximum atomic E-state index is 13.7. The van der Waals surface area contributed by atoms with Crippen molar-refractivity contribution in [1.82, 2.24) is 14.8 Å². The van der Waals surface area contributed by atoms with E-state index in [1.54, 1.807) is 25.3 Å². The molecule has 10 heteroatoms. The summed E-state index contributed by atoms with van der Waals surface area (Å²) in [5.41, 5.74) is 0.715. The second-order valence-corrected chi connectivity index (χ2v) is 8.15. The van der Waals surface area contributed by atoms with Crippen LogP contribution in [-0.4, -0.2) is 26.8 Å². The van der Waals surface area contributed by atoms with Gasteiger partial charge in [0.05, 0.1) is 12.2 Å². The minimum Gasteiger partial charge on any atom is -0.487 e. The Morgan fingerprint density at radius 3 is 2.47 bits per heavy atom. The lowest BCUT2D eigenvalue weighted by molar-refractivity contribution is -0.138. The van der Waals surface area contributed by atoms with Crippen LogP contribution in [0.1, 0.15) is 37.7 Å². The van der Waals surface area contributed by atoms with Crippen molar-refractivity contribution in [2.45, 2.75) is 46.4 Å². The van der Waals surface area contributed by atoms with Gasteiger partial charge in [-0.2, -0.15) is 5.10 Å². The summed E-state index contributed by atoms with van der Waals surface area (Å²) in [6.07, 6.45) is 1.66. The number of benzene rings is 1. The van der Waals surface area contributed by atoms with Crippen LogP contribution in [-0.2, 0) is 22.7 Å². The SMILES string of the molecule is CC(C)(C)OC=O.Cc1cc(OCc2ccc(F)cc2F)c(Cl)c(=O)n1Cc1cc[nH]n1. The third-order valence-corrected chi connectivity index (χ3v) is 4.44. The molecule has 0 amide bonds. The highest BCUT2D eigenvalue weighted by molar-refractivity contribution is 6.31. The van der Waals surface area contributed by atoms with Crippen molar-refractivity contribution in [2.75, 3.05) is 0 Å². The predicted molar refractivity (Wildman–Crippen MR) is 116 cm³/mol. The summed E-state index contributed by atoms with van der Waals surface area (Å²) in [7, 11) is 0. The first-order valence-electron chi connectivity index (χ1n) is 9.58. The third kappa shape index (κ3) is 7.19. The number of aromatic amines is 1. The fourth-order valence-electron chi connectivity index (χ4n) is 2.50. The zero-order chi connectivity index (χ0) is 23.9. The summed E-state index contributed by atoms with van der Waals surface area (Å²) in [6, 6.07) is 6.54. The topological polar surface area (TPSA) is 86.2 Å². The number of hydrogen-bond donors (Lipinski definition) is 1. The van der Waals surface area contributed by atoms with E-state index in [2.05, 4.69) is 14.9 Å². The molecule has 1 N–H and O–H groups in total. The largest absolute Gasteiger partial charge is 0.487 e. The molecule has 0 saturated heterocycles. The molecule has 7 nitrogen and oxygen atoms in total. The number of ether oxygens (including phenoxy) is 2. The molecule has 0 aliphatic carbocycles. The Balaban J connectivity index is 0.000000451. The van der Waals surface area contributed by atoms with Crippen LogP contribution in [0.25, 0.3) is 0 Å². The van der Waals surface area contributed by atoms with E-state index in [0.717, 1.165) is 12.1 Å². The summed E-state index contributed by atoms with van der Waals surface area (Å²) >= 11 is 6.10. The van der Waals surface area contributed by atoms with Gasteiger partial charge in [-0.25, -0.2) is 8.78 Å². The van der Waals surface area contributed by atoms with Crippen LogP contribution in [0.3, 0.4) is 0 Å². The number of pyridine rings is 1. The van der Waals surface area contributed by atoms with Crippen LogP contribution in [0.5, 0.6) is 5.75 Å².